The number of ether oxygens (including phenoxy) is 1. The number of carbonyl (C=O) groups excluding carboxylic acids is 2. The Morgan fingerprint density at radius 1 is 1.07 bits per heavy atom. The molecule has 0 aliphatic heterocycles. The first-order valence-corrected chi connectivity index (χ1v) is 9.69. The number of carbonyl (C=O) groups is 2. The standard InChI is InChI=1S/C25H25N2O3/c1-25(2,26)24(29)27-22-12-13-23(21(16-22)17-28)30-15-14-18-8-10-20(11-9-18)19-6-4-3-5-7-19/h3-13,16-17H,1,14-15,26H2,2H3,(H,27,29)/t25-/m0/s1. The van der Waals surface area contributed by atoms with Crippen molar-refractivity contribution in [1.82, 2.24) is 0 Å². The summed E-state index contributed by atoms with van der Waals surface area (Å²) in [5.74, 6) is 0.0287. The van der Waals surface area contributed by atoms with Crippen LogP contribution in [0.4, 0.5) is 5.69 Å². The molecule has 0 aliphatic rings. The van der Waals surface area contributed by atoms with Crippen molar-refractivity contribution in [2.24, 2.45) is 5.73 Å². The van der Waals surface area contributed by atoms with Crippen LogP contribution in [-0.4, -0.2) is 24.3 Å². The minimum Gasteiger partial charge on any atom is -0.492 e. The quantitative estimate of drug-likeness (QED) is 0.552. The third-order valence-electron chi connectivity index (χ3n) is 4.62. The van der Waals surface area contributed by atoms with Gasteiger partial charge in [0.05, 0.1) is 17.7 Å². The normalized spacial score (nSPS) is 11.0. The van der Waals surface area contributed by atoms with E-state index in [4.69, 9.17) is 10.5 Å². The van der Waals surface area contributed by atoms with Gasteiger partial charge in [0.2, 0.25) is 5.91 Å². The van der Waals surface area contributed by atoms with Crippen molar-refractivity contribution in [1.29, 1.82) is 0 Å². The van der Waals surface area contributed by atoms with Crippen molar-refractivity contribution in [3.05, 3.63) is 90.8 Å². The van der Waals surface area contributed by atoms with Crippen LogP contribution < -0.4 is 15.8 Å². The van der Waals surface area contributed by atoms with E-state index in [1.807, 2.05) is 18.2 Å². The number of aldehydes is 1. The molecule has 0 heterocycles. The van der Waals surface area contributed by atoms with Gasteiger partial charge in [0.25, 0.3) is 0 Å². The Bertz CT molecular complexity index is 1010. The Hall–Kier alpha value is -3.44. The average molecular weight is 401 g/mol. The second-order valence-electron chi connectivity index (χ2n) is 7.40. The molecule has 3 aromatic rings. The zero-order valence-electron chi connectivity index (χ0n) is 16.9. The first kappa shape index (κ1) is 21.3. The van der Waals surface area contributed by atoms with Crippen LogP contribution in [0.1, 0.15) is 22.8 Å². The lowest BCUT2D eigenvalue weighted by Gasteiger charge is -2.18. The maximum absolute atomic E-state index is 11.9. The third-order valence-corrected chi connectivity index (χ3v) is 4.62. The van der Waals surface area contributed by atoms with E-state index < -0.39 is 11.4 Å². The molecule has 0 saturated carbocycles. The van der Waals surface area contributed by atoms with E-state index in [1.165, 1.54) is 12.5 Å². The van der Waals surface area contributed by atoms with Gasteiger partial charge in [-0.15, -0.1) is 0 Å². The Balaban J connectivity index is 1.59. The summed E-state index contributed by atoms with van der Waals surface area (Å²) in [4.78, 5) is 23.4. The number of hydrogen-bond donors (Lipinski definition) is 2. The van der Waals surface area contributed by atoms with E-state index in [0.29, 0.717) is 36.3 Å². The van der Waals surface area contributed by atoms with Crippen molar-refractivity contribution in [2.75, 3.05) is 11.9 Å². The van der Waals surface area contributed by atoms with Crippen molar-refractivity contribution in [2.45, 2.75) is 18.9 Å². The number of hydrogen-bond acceptors (Lipinski definition) is 4. The number of benzene rings is 3. The predicted molar refractivity (Wildman–Crippen MR) is 119 cm³/mol. The number of nitrogens with one attached hydrogen (secondary N) is 1. The van der Waals surface area contributed by atoms with Crippen LogP contribution in [0.2, 0.25) is 0 Å². The molecule has 3 rings (SSSR count). The molecule has 1 atom stereocenters. The zero-order valence-corrected chi connectivity index (χ0v) is 16.9. The van der Waals surface area contributed by atoms with Gasteiger partial charge < -0.3 is 15.8 Å². The van der Waals surface area contributed by atoms with Crippen LogP contribution >= 0.6 is 0 Å². The summed E-state index contributed by atoms with van der Waals surface area (Å²) < 4.78 is 5.79. The van der Waals surface area contributed by atoms with Crippen LogP contribution in [-0.2, 0) is 11.2 Å². The molecule has 30 heavy (non-hydrogen) atoms. The van der Waals surface area contributed by atoms with E-state index in [2.05, 4.69) is 48.6 Å². The molecular formula is C25H25N2O3. The highest BCUT2D eigenvalue weighted by Crippen LogP contribution is 2.23. The summed E-state index contributed by atoms with van der Waals surface area (Å²) >= 11 is 0. The van der Waals surface area contributed by atoms with E-state index in [1.54, 1.807) is 18.2 Å². The number of amides is 1. The highest BCUT2D eigenvalue weighted by molar-refractivity contribution is 5.99. The summed E-state index contributed by atoms with van der Waals surface area (Å²) in [5, 5.41) is 2.64. The smallest absolute Gasteiger partial charge is 0.244 e. The molecule has 0 fully saturated rings. The Kier molecular flexibility index (Phi) is 6.65. The predicted octanol–water partition coefficient (Wildman–Crippen LogP) is 4.28. The van der Waals surface area contributed by atoms with Crippen molar-refractivity contribution in [3.63, 3.8) is 0 Å². The van der Waals surface area contributed by atoms with Gasteiger partial charge in [-0.05, 0) is 48.7 Å². The molecule has 0 unspecified atom stereocenters. The van der Waals surface area contributed by atoms with Crippen molar-refractivity contribution >= 4 is 17.9 Å². The minimum absolute atomic E-state index is 0.356. The van der Waals surface area contributed by atoms with Gasteiger partial charge >= 0.3 is 0 Å². The molecule has 0 aromatic heterocycles. The molecule has 0 aliphatic carbocycles. The van der Waals surface area contributed by atoms with E-state index >= 15 is 0 Å². The zero-order chi connectivity index (χ0) is 21.6. The second kappa shape index (κ2) is 9.37. The molecule has 1 amide bonds. The van der Waals surface area contributed by atoms with Gasteiger partial charge in [0.1, 0.15) is 5.75 Å². The van der Waals surface area contributed by atoms with Crippen LogP contribution in [0.15, 0.2) is 72.8 Å². The summed E-state index contributed by atoms with van der Waals surface area (Å²) in [6.07, 6.45) is 1.41. The highest BCUT2D eigenvalue weighted by atomic mass is 16.5. The molecular weight excluding hydrogens is 376 g/mol. The van der Waals surface area contributed by atoms with Gasteiger partial charge in [0.15, 0.2) is 6.29 Å². The molecule has 0 bridgehead atoms. The molecule has 5 heteroatoms. The largest absolute Gasteiger partial charge is 0.492 e. The minimum atomic E-state index is -1.26. The van der Waals surface area contributed by atoms with Crippen LogP contribution in [0.5, 0.6) is 5.75 Å². The Labute approximate surface area is 176 Å². The van der Waals surface area contributed by atoms with Gasteiger partial charge in [-0.1, -0.05) is 54.6 Å². The fraction of sp³-hybridized carbons (Fsp3) is 0.160. The monoisotopic (exact) mass is 401 g/mol. The van der Waals surface area contributed by atoms with Gasteiger partial charge in [-0.25, -0.2) is 0 Å². The molecule has 153 valence electrons. The molecule has 5 nitrogen and oxygen atoms in total. The fourth-order valence-corrected chi connectivity index (χ4v) is 2.90. The lowest BCUT2D eigenvalue weighted by molar-refractivity contribution is -0.119. The summed E-state index contributed by atoms with van der Waals surface area (Å²) in [7, 11) is 0. The number of rotatable bonds is 8. The topological polar surface area (TPSA) is 81.4 Å². The lowest BCUT2D eigenvalue weighted by atomic mass is 10.0. The van der Waals surface area contributed by atoms with E-state index in [0.717, 1.165) is 11.1 Å². The Morgan fingerprint density at radius 2 is 1.73 bits per heavy atom. The Morgan fingerprint density at radius 3 is 2.37 bits per heavy atom. The number of anilines is 1. The van der Waals surface area contributed by atoms with Crippen LogP contribution in [0.3, 0.4) is 0 Å². The first-order chi connectivity index (χ1) is 14.4. The van der Waals surface area contributed by atoms with E-state index in [9.17, 15) is 9.59 Å². The highest BCUT2D eigenvalue weighted by Gasteiger charge is 2.22. The molecule has 0 saturated heterocycles. The van der Waals surface area contributed by atoms with Crippen LogP contribution in [0.25, 0.3) is 11.1 Å². The number of nitrogens with two attached hydrogens (primary N) is 1. The van der Waals surface area contributed by atoms with Crippen molar-refractivity contribution in [3.8, 4) is 16.9 Å². The summed E-state index contributed by atoms with van der Waals surface area (Å²) in [6.45, 7) is 5.52. The van der Waals surface area contributed by atoms with E-state index in [-0.39, 0.29) is 0 Å². The molecule has 3 aromatic carbocycles. The fourth-order valence-electron chi connectivity index (χ4n) is 2.90. The second-order valence-corrected chi connectivity index (χ2v) is 7.40. The molecule has 1 radical (unpaired) electrons. The summed E-state index contributed by atoms with van der Waals surface area (Å²) in [5.41, 5.74) is 8.72. The SMILES string of the molecule is [CH2][C@@](C)(N)C(=O)Nc1ccc(OCCc2ccc(-c3ccccc3)cc2)c(C=O)c1. The van der Waals surface area contributed by atoms with Crippen LogP contribution in [0, 0.1) is 6.92 Å². The lowest BCUT2D eigenvalue weighted by Crippen LogP contribution is -2.45. The third kappa shape index (κ3) is 5.55. The van der Waals surface area contributed by atoms with Crippen molar-refractivity contribution < 1.29 is 14.3 Å². The average Bonchev–Trinajstić information content (AvgIpc) is 2.75. The molecule has 0 spiro atoms. The summed E-state index contributed by atoms with van der Waals surface area (Å²) in [6, 6.07) is 23.4. The maximum atomic E-state index is 11.9. The van der Waals surface area contributed by atoms with Gasteiger partial charge in [0, 0.05) is 12.1 Å². The van der Waals surface area contributed by atoms with Gasteiger partial charge in [-0.3, -0.25) is 9.59 Å². The molecule has 3 N–H and O–H groups in total. The van der Waals surface area contributed by atoms with Gasteiger partial charge in [-0.2, -0.15) is 0 Å². The first-order valence-electron chi connectivity index (χ1n) is 9.69. The maximum Gasteiger partial charge on any atom is 0.244 e.